The zero-order valence-corrected chi connectivity index (χ0v) is 21.9. The van der Waals surface area contributed by atoms with Gasteiger partial charge in [-0.2, -0.15) is 0 Å². The molecule has 0 bridgehead atoms. The molecule has 0 radical (unpaired) electrons. The van der Waals surface area contributed by atoms with Crippen molar-refractivity contribution in [3.63, 3.8) is 0 Å². The molecular weight excluding hydrogens is 448 g/mol. The predicted octanol–water partition coefficient (Wildman–Crippen LogP) is 4.83. The minimum absolute atomic E-state index is 0.0658. The fraction of sp³-hybridized carbons (Fsp3) is 0.367. The van der Waals surface area contributed by atoms with Crippen LogP contribution in [0.3, 0.4) is 0 Å². The van der Waals surface area contributed by atoms with Gasteiger partial charge in [0.2, 0.25) is 0 Å². The van der Waals surface area contributed by atoms with Crippen LogP contribution < -0.4 is 19.9 Å². The van der Waals surface area contributed by atoms with Gasteiger partial charge < -0.3 is 19.9 Å². The second-order valence-corrected chi connectivity index (χ2v) is 9.76. The Morgan fingerprint density at radius 2 is 1.53 bits per heavy atom. The lowest BCUT2D eigenvalue weighted by Crippen LogP contribution is -2.50. The standard InChI is InChI=1S/C30H38N4O2/c1-23(2)36-28-16-12-25(13-17-28)30(35)31-22-29(24-10-14-26(15-11-24)32(3)4)34-20-18-33(19-21-34)27-8-6-5-7-9-27/h5-17,23,29H,18-22H2,1-4H3,(H,31,35). The molecule has 3 aromatic carbocycles. The first-order chi connectivity index (χ1) is 17.4. The molecule has 0 saturated carbocycles. The highest BCUT2D eigenvalue weighted by Crippen LogP contribution is 2.26. The van der Waals surface area contributed by atoms with Crippen LogP contribution in [0.15, 0.2) is 78.9 Å². The Morgan fingerprint density at radius 1 is 0.889 bits per heavy atom. The monoisotopic (exact) mass is 486 g/mol. The normalized spacial score (nSPS) is 15.0. The number of anilines is 2. The lowest BCUT2D eigenvalue weighted by molar-refractivity contribution is 0.0930. The molecule has 3 aromatic rings. The summed E-state index contributed by atoms with van der Waals surface area (Å²) in [4.78, 5) is 20.0. The molecule has 6 heteroatoms. The molecule has 1 fully saturated rings. The first-order valence-electron chi connectivity index (χ1n) is 12.8. The van der Waals surface area contributed by atoms with Gasteiger partial charge in [-0.25, -0.2) is 0 Å². The second-order valence-electron chi connectivity index (χ2n) is 9.76. The third-order valence-electron chi connectivity index (χ3n) is 6.61. The molecular formula is C30H38N4O2. The van der Waals surface area contributed by atoms with Crippen molar-refractivity contribution in [3.05, 3.63) is 90.0 Å². The zero-order valence-electron chi connectivity index (χ0n) is 21.9. The first-order valence-corrected chi connectivity index (χ1v) is 12.8. The number of amides is 1. The number of nitrogens with one attached hydrogen (secondary N) is 1. The van der Waals surface area contributed by atoms with Crippen LogP contribution in [0.4, 0.5) is 11.4 Å². The van der Waals surface area contributed by atoms with E-state index in [2.05, 4.69) is 74.6 Å². The van der Waals surface area contributed by atoms with Crippen molar-refractivity contribution in [2.45, 2.75) is 26.0 Å². The van der Waals surface area contributed by atoms with E-state index >= 15 is 0 Å². The van der Waals surface area contributed by atoms with Gasteiger partial charge in [-0.15, -0.1) is 0 Å². The van der Waals surface area contributed by atoms with E-state index in [4.69, 9.17) is 4.74 Å². The number of para-hydroxylation sites is 1. The topological polar surface area (TPSA) is 48.1 Å². The molecule has 0 aliphatic carbocycles. The summed E-state index contributed by atoms with van der Waals surface area (Å²) in [5.41, 5.74) is 4.29. The van der Waals surface area contributed by atoms with E-state index in [-0.39, 0.29) is 18.1 Å². The van der Waals surface area contributed by atoms with Crippen LogP contribution in [0.1, 0.15) is 35.8 Å². The average molecular weight is 487 g/mol. The smallest absolute Gasteiger partial charge is 0.251 e. The van der Waals surface area contributed by atoms with Gasteiger partial charge >= 0.3 is 0 Å². The number of hydrogen-bond acceptors (Lipinski definition) is 5. The van der Waals surface area contributed by atoms with E-state index in [0.29, 0.717) is 12.1 Å². The Hall–Kier alpha value is -3.51. The molecule has 190 valence electrons. The van der Waals surface area contributed by atoms with Crippen molar-refractivity contribution in [1.29, 1.82) is 0 Å². The summed E-state index contributed by atoms with van der Waals surface area (Å²) < 4.78 is 5.71. The fourth-order valence-corrected chi connectivity index (χ4v) is 4.63. The molecule has 1 aliphatic rings. The van der Waals surface area contributed by atoms with Crippen LogP contribution in [0.2, 0.25) is 0 Å². The highest BCUT2D eigenvalue weighted by molar-refractivity contribution is 5.94. The summed E-state index contributed by atoms with van der Waals surface area (Å²) in [6, 6.07) is 26.7. The number of carbonyl (C=O) groups excluding carboxylic acids is 1. The second kappa shape index (κ2) is 12.0. The largest absolute Gasteiger partial charge is 0.491 e. The molecule has 1 amide bonds. The maximum atomic E-state index is 13.0. The van der Waals surface area contributed by atoms with E-state index in [0.717, 1.165) is 31.9 Å². The van der Waals surface area contributed by atoms with Gasteiger partial charge in [-0.3, -0.25) is 9.69 Å². The van der Waals surface area contributed by atoms with E-state index in [1.165, 1.54) is 16.9 Å². The first kappa shape index (κ1) is 25.6. The molecule has 1 unspecified atom stereocenters. The molecule has 4 rings (SSSR count). The molecule has 1 atom stereocenters. The van der Waals surface area contributed by atoms with Crippen LogP contribution in [0.25, 0.3) is 0 Å². The summed E-state index contributed by atoms with van der Waals surface area (Å²) in [7, 11) is 4.10. The Kier molecular flexibility index (Phi) is 8.49. The third kappa shape index (κ3) is 6.58. The van der Waals surface area contributed by atoms with Crippen LogP contribution in [0, 0.1) is 0 Å². The number of piperazine rings is 1. The summed E-state index contributed by atoms with van der Waals surface area (Å²) in [6.07, 6.45) is 0.103. The number of rotatable bonds is 9. The van der Waals surface area contributed by atoms with Gasteiger partial charge in [-0.05, 0) is 67.9 Å². The highest BCUT2D eigenvalue weighted by atomic mass is 16.5. The molecule has 1 saturated heterocycles. The van der Waals surface area contributed by atoms with Crippen LogP contribution >= 0.6 is 0 Å². The SMILES string of the molecule is CC(C)Oc1ccc(C(=O)NCC(c2ccc(N(C)C)cc2)N2CCN(c3ccccc3)CC2)cc1. The Labute approximate surface area is 215 Å². The number of nitrogens with zero attached hydrogens (tertiary/aromatic N) is 3. The maximum Gasteiger partial charge on any atom is 0.251 e. The van der Waals surface area contributed by atoms with Crippen molar-refractivity contribution in [1.82, 2.24) is 10.2 Å². The van der Waals surface area contributed by atoms with E-state index < -0.39 is 0 Å². The highest BCUT2D eigenvalue weighted by Gasteiger charge is 2.26. The Morgan fingerprint density at radius 3 is 2.11 bits per heavy atom. The zero-order chi connectivity index (χ0) is 25.5. The summed E-state index contributed by atoms with van der Waals surface area (Å²) in [5, 5.41) is 3.19. The van der Waals surface area contributed by atoms with Crippen LogP contribution in [-0.2, 0) is 0 Å². The van der Waals surface area contributed by atoms with Crippen LogP contribution in [-0.4, -0.2) is 63.7 Å². The molecule has 0 aromatic heterocycles. The van der Waals surface area contributed by atoms with Crippen molar-refractivity contribution in [2.75, 3.05) is 56.6 Å². The Balaban J connectivity index is 1.45. The molecule has 36 heavy (non-hydrogen) atoms. The van der Waals surface area contributed by atoms with Gasteiger partial charge in [0.15, 0.2) is 0 Å². The van der Waals surface area contributed by atoms with Crippen molar-refractivity contribution >= 4 is 17.3 Å². The van der Waals surface area contributed by atoms with E-state index in [1.807, 2.05) is 52.2 Å². The third-order valence-corrected chi connectivity index (χ3v) is 6.61. The average Bonchev–Trinajstić information content (AvgIpc) is 2.90. The summed E-state index contributed by atoms with van der Waals surface area (Å²) >= 11 is 0. The molecule has 1 N–H and O–H groups in total. The fourth-order valence-electron chi connectivity index (χ4n) is 4.63. The van der Waals surface area contributed by atoms with Gasteiger partial charge in [-0.1, -0.05) is 30.3 Å². The molecule has 6 nitrogen and oxygen atoms in total. The van der Waals surface area contributed by atoms with Crippen molar-refractivity contribution < 1.29 is 9.53 Å². The number of benzene rings is 3. The van der Waals surface area contributed by atoms with Crippen molar-refractivity contribution in [2.24, 2.45) is 0 Å². The summed E-state index contributed by atoms with van der Waals surface area (Å²) in [5.74, 6) is 0.709. The number of hydrogen-bond donors (Lipinski definition) is 1. The lowest BCUT2D eigenvalue weighted by Gasteiger charge is -2.40. The number of ether oxygens (including phenoxy) is 1. The van der Waals surface area contributed by atoms with Crippen LogP contribution in [0.5, 0.6) is 5.75 Å². The van der Waals surface area contributed by atoms with E-state index in [9.17, 15) is 4.79 Å². The minimum Gasteiger partial charge on any atom is -0.491 e. The molecule has 1 aliphatic heterocycles. The Bertz CT molecular complexity index is 1090. The summed E-state index contributed by atoms with van der Waals surface area (Å²) in [6.45, 7) is 8.33. The van der Waals surface area contributed by atoms with Gasteiger partial charge in [0.25, 0.3) is 5.91 Å². The van der Waals surface area contributed by atoms with Gasteiger partial charge in [0, 0.05) is 63.8 Å². The number of carbonyl (C=O) groups is 1. The quantitative estimate of drug-likeness (QED) is 0.469. The lowest BCUT2D eigenvalue weighted by atomic mass is 10.0. The maximum absolute atomic E-state index is 13.0. The molecule has 0 spiro atoms. The van der Waals surface area contributed by atoms with E-state index in [1.54, 1.807) is 0 Å². The van der Waals surface area contributed by atoms with Gasteiger partial charge in [0.1, 0.15) is 5.75 Å². The van der Waals surface area contributed by atoms with Gasteiger partial charge in [0.05, 0.1) is 12.1 Å². The molecule has 1 heterocycles. The predicted molar refractivity (Wildman–Crippen MR) is 148 cm³/mol. The van der Waals surface area contributed by atoms with Crippen molar-refractivity contribution in [3.8, 4) is 5.75 Å². The minimum atomic E-state index is -0.0658.